The van der Waals surface area contributed by atoms with Crippen molar-refractivity contribution in [3.8, 4) is 0 Å². The fraction of sp³-hybridized carbons (Fsp3) is 0.545. The fourth-order valence-electron chi connectivity index (χ4n) is 2.65. The molecule has 0 heterocycles. The molecule has 0 fully saturated rings. The van der Waals surface area contributed by atoms with E-state index in [0.29, 0.717) is 5.92 Å². The summed E-state index contributed by atoms with van der Waals surface area (Å²) in [5.74, 6) is 0.515. The Morgan fingerprint density at radius 3 is 2.22 bits per heavy atom. The van der Waals surface area contributed by atoms with E-state index in [2.05, 4.69) is 51.1 Å². The number of hydrogen-bond acceptors (Lipinski definition) is 0. The van der Waals surface area contributed by atoms with Crippen LogP contribution in [0.4, 0.5) is 4.39 Å². The van der Waals surface area contributed by atoms with Gasteiger partial charge in [-0.05, 0) is 50.2 Å². The molecule has 23 heavy (non-hydrogen) atoms. The fourth-order valence-corrected chi connectivity index (χ4v) is 2.65. The average molecular weight is 319 g/mol. The molecule has 0 nitrogen and oxygen atoms in total. The molecule has 2 atom stereocenters. The van der Waals surface area contributed by atoms with Crippen LogP contribution in [0.1, 0.15) is 66.9 Å². The van der Waals surface area contributed by atoms with Gasteiger partial charge in [0, 0.05) is 0 Å². The highest BCUT2D eigenvalue weighted by molar-refractivity contribution is 5.64. The molecular formula is C22H35F. The first-order valence-electron chi connectivity index (χ1n) is 8.94. The number of hydrogen-bond donors (Lipinski definition) is 0. The molecule has 1 heteroatoms. The van der Waals surface area contributed by atoms with Gasteiger partial charge in [-0.25, -0.2) is 4.39 Å². The standard InChI is InChI=1S/C20H29F.C2H6/c1-6-19(20(4,5)21)15-16(2)11-10-12-17(3)18-13-8-7-9-14-18;1-2/h7-14,16,19H,6,15H2,1-5H3;1-2H3/b11-10-,17-12+;. The van der Waals surface area contributed by atoms with Crippen molar-refractivity contribution < 1.29 is 4.39 Å². The van der Waals surface area contributed by atoms with Gasteiger partial charge >= 0.3 is 0 Å². The van der Waals surface area contributed by atoms with Crippen LogP contribution in [-0.4, -0.2) is 5.67 Å². The highest BCUT2D eigenvalue weighted by Gasteiger charge is 2.28. The average Bonchev–Trinajstić information content (AvgIpc) is 2.54. The van der Waals surface area contributed by atoms with Crippen molar-refractivity contribution in [3.63, 3.8) is 0 Å². The molecule has 0 amide bonds. The molecule has 0 N–H and O–H groups in total. The predicted octanol–water partition coefficient (Wildman–Crippen LogP) is 7.47. The summed E-state index contributed by atoms with van der Waals surface area (Å²) >= 11 is 0. The van der Waals surface area contributed by atoms with E-state index in [1.807, 2.05) is 32.0 Å². The zero-order valence-corrected chi connectivity index (χ0v) is 16.1. The van der Waals surface area contributed by atoms with Crippen LogP contribution in [0.25, 0.3) is 5.57 Å². The molecule has 0 aliphatic heterocycles. The molecule has 130 valence electrons. The van der Waals surface area contributed by atoms with E-state index in [0.717, 1.165) is 12.8 Å². The summed E-state index contributed by atoms with van der Waals surface area (Å²) in [6.07, 6.45) is 8.20. The van der Waals surface area contributed by atoms with Gasteiger partial charge < -0.3 is 0 Å². The van der Waals surface area contributed by atoms with Gasteiger partial charge in [-0.3, -0.25) is 0 Å². The van der Waals surface area contributed by atoms with Crippen LogP contribution in [0, 0.1) is 11.8 Å². The lowest BCUT2D eigenvalue weighted by Gasteiger charge is -2.27. The van der Waals surface area contributed by atoms with Crippen molar-refractivity contribution in [2.75, 3.05) is 0 Å². The molecule has 0 saturated carbocycles. The minimum absolute atomic E-state index is 0.122. The van der Waals surface area contributed by atoms with Gasteiger partial charge in [0.05, 0.1) is 0 Å². The van der Waals surface area contributed by atoms with Crippen LogP contribution in [0.2, 0.25) is 0 Å². The number of halogens is 1. The minimum atomic E-state index is -1.09. The van der Waals surface area contributed by atoms with Crippen LogP contribution >= 0.6 is 0 Å². The molecule has 0 aromatic heterocycles. The number of alkyl halides is 1. The Labute approximate surface area is 143 Å². The van der Waals surface area contributed by atoms with Crippen LogP contribution in [-0.2, 0) is 0 Å². The Hall–Kier alpha value is -1.37. The second-order valence-electron chi connectivity index (χ2n) is 6.48. The summed E-state index contributed by atoms with van der Waals surface area (Å²) in [6, 6.07) is 10.4. The van der Waals surface area contributed by atoms with Gasteiger partial charge in [0.1, 0.15) is 5.67 Å². The van der Waals surface area contributed by atoms with Crippen molar-refractivity contribution in [3.05, 3.63) is 54.1 Å². The third-order valence-electron chi connectivity index (χ3n) is 4.13. The Bertz CT molecular complexity index is 462. The second-order valence-corrected chi connectivity index (χ2v) is 6.48. The van der Waals surface area contributed by atoms with E-state index in [1.54, 1.807) is 13.8 Å². The number of benzene rings is 1. The lowest BCUT2D eigenvalue weighted by molar-refractivity contribution is 0.107. The first-order chi connectivity index (χ1) is 10.8. The largest absolute Gasteiger partial charge is 0.244 e. The number of rotatable bonds is 7. The van der Waals surface area contributed by atoms with Crippen LogP contribution in [0.3, 0.4) is 0 Å². The Kier molecular flexibility index (Phi) is 10.5. The smallest absolute Gasteiger partial charge is 0.108 e. The molecule has 1 aromatic carbocycles. The van der Waals surface area contributed by atoms with Crippen molar-refractivity contribution in [1.29, 1.82) is 0 Å². The van der Waals surface area contributed by atoms with E-state index < -0.39 is 5.67 Å². The molecule has 0 aliphatic rings. The third-order valence-corrected chi connectivity index (χ3v) is 4.13. The summed E-state index contributed by atoms with van der Waals surface area (Å²) < 4.78 is 14.0. The van der Waals surface area contributed by atoms with Crippen LogP contribution < -0.4 is 0 Å². The van der Waals surface area contributed by atoms with Crippen molar-refractivity contribution in [2.24, 2.45) is 11.8 Å². The van der Waals surface area contributed by atoms with Gasteiger partial charge in [-0.1, -0.05) is 82.7 Å². The normalized spacial score (nSPS) is 15.0. The lowest BCUT2D eigenvalue weighted by Crippen LogP contribution is -2.26. The second kappa shape index (κ2) is 11.2. The SMILES string of the molecule is CC.CCC(CC(C)/C=C\C=C(/C)c1ccccc1)C(C)(C)F. The van der Waals surface area contributed by atoms with Crippen LogP contribution in [0.5, 0.6) is 0 Å². The van der Waals surface area contributed by atoms with Crippen molar-refractivity contribution in [2.45, 2.75) is 67.0 Å². The van der Waals surface area contributed by atoms with Gasteiger partial charge in [-0.15, -0.1) is 0 Å². The molecule has 0 saturated heterocycles. The molecule has 0 aliphatic carbocycles. The first-order valence-corrected chi connectivity index (χ1v) is 8.94. The quantitative estimate of drug-likeness (QED) is 0.457. The third kappa shape index (κ3) is 8.74. The Morgan fingerprint density at radius 1 is 1.17 bits per heavy atom. The van der Waals surface area contributed by atoms with E-state index in [9.17, 15) is 4.39 Å². The maximum atomic E-state index is 14.0. The van der Waals surface area contributed by atoms with Gasteiger partial charge in [0.2, 0.25) is 0 Å². The molecule has 1 aromatic rings. The highest BCUT2D eigenvalue weighted by Crippen LogP contribution is 2.30. The van der Waals surface area contributed by atoms with Crippen molar-refractivity contribution in [1.82, 2.24) is 0 Å². The summed E-state index contributed by atoms with van der Waals surface area (Å²) in [5, 5.41) is 0. The van der Waals surface area contributed by atoms with Gasteiger partial charge in [-0.2, -0.15) is 0 Å². The minimum Gasteiger partial charge on any atom is -0.244 e. The zero-order chi connectivity index (χ0) is 17.9. The maximum Gasteiger partial charge on any atom is 0.108 e. The van der Waals surface area contributed by atoms with E-state index >= 15 is 0 Å². The first kappa shape index (κ1) is 21.6. The monoisotopic (exact) mass is 318 g/mol. The molecule has 1 rings (SSSR count). The van der Waals surface area contributed by atoms with E-state index in [4.69, 9.17) is 0 Å². The van der Waals surface area contributed by atoms with Gasteiger partial charge in [0.15, 0.2) is 0 Å². The summed E-state index contributed by atoms with van der Waals surface area (Å²) in [6.45, 7) is 13.7. The zero-order valence-electron chi connectivity index (χ0n) is 16.1. The molecule has 2 unspecified atom stereocenters. The van der Waals surface area contributed by atoms with Crippen molar-refractivity contribution >= 4 is 5.57 Å². The van der Waals surface area contributed by atoms with Gasteiger partial charge in [0.25, 0.3) is 0 Å². The van der Waals surface area contributed by atoms with E-state index in [-0.39, 0.29) is 5.92 Å². The predicted molar refractivity (Wildman–Crippen MR) is 103 cm³/mol. The summed E-state index contributed by atoms with van der Waals surface area (Å²) in [5.41, 5.74) is 1.40. The number of allylic oxidation sites excluding steroid dienone is 4. The Balaban J connectivity index is 0.00000232. The molecule has 0 radical (unpaired) electrons. The topological polar surface area (TPSA) is 0 Å². The van der Waals surface area contributed by atoms with Crippen LogP contribution in [0.15, 0.2) is 48.6 Å². The Morgan fingerprint density at radius 2 is 1.74 bits per heavy atom. The lowest BCUT2D eigenvalue weighted by atomic mass is 9.83. The molecular weight excluding hydrogens is 283 g/mol. The maximum absolute atomic E-state index is 14.0. The summed E-state index contributed by atoms with van der Waals surface area (Å²) in [4.78, 5) is 0. The summed E-state index contributed by atoms with van der Waals surface area (Å²) in [7, 11) is 0. The highest BCUT2D eigenvalue weighted by atomic mass is 19.1. The molecule has 0 spiro atoms. The van der Waals surface area contributed by atoms with E-state index in [1.165, 1.54) is 11.1 Å². The molecule has 0 bridgehead atoms.